The van der Waals surface area contributed by atoms with Crippen molar-refractivity contribution in [1.82, 2.24) is 0 Å². The highest BCUT2D eigenvalue weighted by atomic mass is 14.1. The van der Waals surface area contributed by atoms with Gasteiger partial charge in [0.2, 0.25) is 0 Å². The number of rotatable bonds is 8. The van der Waals surface area contributed by atoms with Crippen LogP contribution in [0.25, 0.3) is 0 Å². The lowest BCUT2D eigenvalue weighted by Gasteiger charge is -2.16. The minimum absolute atomic E-state index is 1.02. The quantitative estimate of drug-likeness (QED) is 0.536. The van der Waals surface area contributed by atoms with Gasteiger partial charge in [0, 0.05) is 0 Å². The summed E-state index contributed by atoms with van der Waals surface area (Å²) in [6.07, 6.45) is 10.7. The van der Waals surface area contributed by atoms with Crippen LogP contribution < -0.4 is 0 Å². The summed E-state index contributed by atoms with van der Waals surface area (Å²) in [5, 5.41) is 0. The number of allylic oxidation sites excluding steroid dienone is 1. The maximum Gasteiger partial charge on any atom is -0.00947 e. The highest BCUT2D eigenvalue weighted by Crippen LogP contribution is 2.23. The minimum atomic E-state index is 1.02. The van der Waals surface area contributed by atoms with Crippen molar-refractivity contribution in [2.45, 2.75) is 65.7 Å². The second-order valence-electron chi connectivity index (χ2n) is 5.20. The van der Waals surface area contributed by atoms with E-state index in [4.69, 9.17) is 0 Å². The summed E-state index contributed by atoms with van der Waals surface area (Å²) in [5.41, 5.74) is 6.16. The van der Waals surface area contributed by atoms with E-state index in [9.17, 15) is 0 Å². The molecule has 0 radical (unpaired) electrons. The van der Waals surface area contributed by atoms with Crippen molar-refractivity contribution in [3.8, 4) is 0 Å². The Kier molecular flexibility index (Phi) is 6.78. The van der Waals surface area contributed by atoms with E-state index in [1.807, 2.05) is 6.08 Å². The number of hydrogen-bond donors (Lipinski definition) is 0. The van der Waals surface area contributed by atoms with E-state index in [0.717, 1.165) is 6.42 Å². The van der Waals surface area contributed by atoms with E-state index in [1.54, 1.807) is 11.1 Å². The molecule has 0 aliphatic heterocycles. The number of hydrogen-bond acceptors (Lipinski definition) is 0. The summed E-state index contributed by atoms with van der Waals surface area (Å²) >= 11 is 0. The number of aryl methyl sites for hydroxylation is 2. The van der Waals surface area contributed by atoms with Crippen LogP contribution in [0.4, 0.5) is 0 Å². The molecule has 0 aliphatic carbocycles. The van der Waals surface area contributed by atoms with Crippen molar-refractivity contribution < 1.29 is 0 Å². The number of unbranched alkanes of at least 4 members (excludes halogenated alkanes) is 2. The summed E-state index contributed by atoms with van der Waals surface area (Å²) in [7, 11) is 0. The molecule has 0 nitrogen and oxygen atoms in total. The van der Waals surface area contributed by atoms with Gasteiger partial charge in [-0.1, -0.05) is 44.9 Å². The molecule has 0 heterocycles. The third kappa shape index (κ3) is 4.01. The molecule has 0 unspecified atom stereocenters. The molecule has 0 bridgehead atoms. The number of benzene rings is 1. The zero-order valence-electron chi connectivity index (χ0n) is 12.4. The van der Waals surface area contributed by atoms with E-state index >= 15 is 0 Å². The van der Waals surface area contributed by atoms with E-state index < -0.39 is 0 Å². The molecular formula is C18H28. The lowest BCUT2D eigenvalue weighted by Crippen LogP contribution is -2.03. The molecule has 1 aromatic carbocycles. The maximum absolute atomic E-state index is 3.91. The molecule has 0 aromatic heterocycles. The van der Waals surface area contributed by atoms with Gasteiger partial charge in [0.25, 0.3) is 0 Å². The molecule has 0 heteroatoms. The average molecular weight is 244 g/mol. The summed E-state index contributed by atoms with van der Waals surface area (Å²) in [6.45, 7) is 10.7. The van der Waals surface area contributed by atoms with Crippen LogP contribution in [-0.4, -0.2) is 0 Å². The summed E-state index contributed by atoms with van der Waals surface area (Å²) in [4.78, 5) is 0. The molecule has 0 amide bonds. The molecule has 18 heavy (non-hydrogen) atoms. The molecule has 1 rings (SSSR count). The first-order valence-electron chi connectivity index (χ1n) is 7.45. The Bertz CT molecular complexity index is 374. The Morgan fingerprint density at radius 3 is 2.28 bits per heavy atom. The first kappa shape index (κ1) is 15.0. The predicted molar refractivity (Wildman–Crippen MR) is 82.3 cm³/mol. The second-order valence-corrected chi connectivity index (χ2v) is 5.20. The van der Waals surface area contributed by atoms with Crippen molar-refractivity contribution in [2.24, 2.45) is 0 Å². The Hall–Kier alpha value is -1.04. The second kappa shape index (κ2) is 8.13. The van der Waals surface area contributed by atoms with Crippen LogP contribution >= 0.6 is 0 Å². The Balaban J connectivity index is 3.06. The van der Waals surface area contributed by atoms with E-state index in [-0.39, 0.29) is 0 Å². The first-order chi connectivity index (χ1) is 8.74. The maximum atomic E-state index is 3.91. The topological polar surface area (TPSA) is 0 Å². The highest BCUT2D eigenvalue weighted by molar-refractivity contribution is 5.42. The van der Waals surface area contributed by atoms with Gasteiger partial charge in [-0.25, -0.2) is 0 Å². The molecule has 0 saturated carbocycles. The van der Waals surface area contributed by atoms with Gasteiger partial charge >= 0.3 is 0 Å². The molecule has 1 aromatic rings. The molecule has 100 valence electrons. The Morgan fingerprint density at radius 2 is 1.67 bits per heavy atom. The van der Waals surface area contributed by atoms with Crippen molar-refractivity contribution in [1.29, 1.82) is 0 Å². The summed E-state index contributed by atoms with van der Waals surface area (Å²) in [5.74, 6) is 0. The van der Waals surface area contributed by atoms with Crippen LogP contribution in [0.15, 0.2) is 24.8 Å². The van der Waals surface area contributed by atoms with Crippen molar-refractivity contribution in [2.75, 3.05) is 0 Å². The Labute approximate surface area is 113 Å². The van der Waals surface area contributed by atoms with Crippen molar-refractivity contribution in [3.05, 3.63) is 47.0 Å². The van der Waals surface area contributed by atoms with Gasteiger partial charge in [0.1, 0.15) is 0 Å². The van der Waals surface area contributed by atoms with Crippen LogP contribution in [0, 0.1) is 6.92 Å². The molecule has 0 saturated heterocycles. The van der Waals surface area contributed by atoms with Gasteiger partial charge < -0.3 is 0 Å². The lowest BCUT2D eigenvalue weighted by molar-refractivity contribution is 0.751. The van der Waals surface area contributed by atoms with Gasteiger partial charge in [-0.05, 0) is 61.3 Å². The van der Waals surface area contributed by atoms with Crippen LogP contribution in [0.3, 0.4) is 0 Å². The van der Waals surface area contributed by atoms with Crippen LogP contribution in [-0.2, 0) is 19.3 Å². The minimum Gasteiger partial charge on any atom is -0.103 e. The third-order valence-electron chi connectivity index (χ3n) is 3.69. The predicted octanol–water partition coefficient (Wildman–Crippen LogP) is 5.41. The molecule has 0 spiro atoms. The summed E-state index contributed by atoms with van der Waals surface area (Å²) in [6, 6.07) is 4.64. The molecular weight excluding hydrogens is 216 g/mol. The average Bonchev–Trinajstić information content (AvgIpc) is 2.38. The van der Waals surface area contributed by atoms with Crippen molar-refractivity contribution in [3.63, 3.8) is 0 Å². The van der Waals surface area contributed by atoms with Gasteiger partial charge in [0.05, 0.1) is 0 Å². The van der Waals surface area contributed by atoms with Crippen molar-refractivity contribution >= 4 is 0 Å². The Morgan fingerprint density at radius 1 is 1.00 bits per heavy atom. The molecule has 0 N–H and O–H groups in total. The molecule has 0 atom stereocenters. The first-order valence-corrected chi connectivity index (χ1v) is 7.45. The zero-order valence-corrected chi connectivity index (χ0v) is 12.4. The fourth-order valence-corrected chi connectivity index (χ4v) is 2.55. The summed E-state index contributed by atoms with van der Waals surface area (Å²) < 4.78 is 0. The standard InChI is InChI=1S/C18H28/c1-5-8-11-16-14-13-15(4)17(10-7-3)18(16)12-9-6-2/h7,13-14H,3,5-6,8-12H2,1-2,4H3. The van der Waals surface area contributed by atoms with E-state index in [2.05, 4.69) is 39.5 Å². The van der Waals surface area contributed by atoms with Crippen LogP contribution in [0.5, 0.6) is 0 Å². The van der Waals surface area contributed by atoms with Gasteiger partial charge in [0.15, 0.2) is 0 Å². The highest BCUT2D eigenvalue weighted by Gasteiger charge is 2.09. The fourth-order valence-electron chi connectivity index (χ4n) is 2.55. The largest absolute Gasteiger partial charge is 0.103 e. The fraction of sp³-hybridized carbons (Fsp3) is 0.556. The SMILES string of the molecule is C=CCc1c(C)ccc(CCCC)c1CCCC. The molecule has 0 aliphatic rings. The van der Waals surface area contributed by atoms with E-state index in [1.165, 1.54) is 49.7 Å². The van der Waals surface area contributed by atoms with E-state index in [0.29, 0.717) is 0 Å². The normalized spacial score (nSPS) is 10.6. The van der Waals surface area contributed by atoms with Crippen LogP contribution in [0.1, 0.15) is 61.8 Å². The van der Waals surface area contributed by atoms with Gasteiger partial charge in [-0.2, -0.15) is 0 Å². The van der Waals surface area contributed by atoms with Gasteiger partial charge in [-0.15, -0.1) is 6.58 Å². The monoisotopic (exact) mass is 244 g/mol. The third-order valence-corrected chi connectivity index (χ3v) is 3.69. The lowest BCUT2D eigenvalue weighted by atomic mass is 9.89. The smallest absolute Gasteiger partial charge is 0.00947 e. The molecule has 0 fully saturated rings. The van der Waals surface area contributed by atoms with Gasteiger partial charge in [-0.3, -0.25) is 0 Å². The zero-order chi connectivity index (χ0) is 13.4. The van der Waals surface area contributed by atoms with Crippen LogP contribution in [0.2, 0.25) is 0 Å².